The number of rotatable bonds is 19. The molecule has 3 rings (SSSR count). The van der Waals surface area contributed by atoms with E-state index in [1.165, 1.54) is 18.6 Å². The SMILES string of the molecule is CCCC(CCC)S(=O)(=O)C[C@H](NC(=O)c1cnccn1)C(=O)O[C@H](CNCc1cccc(CC)c1)[C@@H](N)Cc1cc(F)cc(F)c1. The molecule has 1 heterocycles. The van der Waals surface area contributed by atoms with Gasteiger partial charge in [-0.05, 0) is 54.5 Å². The van der Waals surface area contributed by atoms with Crippen molar-refractivity contribution in [2.45, 2.75) is 89.3 Å². The van der Waals surface area contributed by atoms with E-state index in [9.17, 15) is 26.8 Å². The molecule has 1 amide bonds. The van der Waals surface area contributed by atoms with E-state index in [0.29, 0.717) is 32.2 Å². The van der Waals surface area contributed by atoms with Crippen molar-refractivity contribution >= 4 is 21.7 Å². The van der Waals surface area contributed by atoms with Gasteiger partial charge in [-0.25, -0.2) is 27.0 Å². The smallest absolute Gasteiger partial charge is 0.330 e. The van der Waals surface area contributed by atoms with E-state index < -0.39 is 62.5 Å². The van der Waals surface area contributed by atoms with Crippen molar-refractivity contribution in [1.82, 2.24) is 20.6 Å². The maximum atomic E-state index is 14.0. The lowest BCUT2D eigenvalue weighted by molar-refractivity contribution is -0.151. The molecule has 0 aliphatic heterocycles. The molecular formula is C34H45F2N5O5S. The number of amides is 1. The summed E-state index contributed by atoms with van der Waals surface area (Å²) in [4.78, 5) is 34.6. The Hall–Kier alpha value is -3.81. The highest BCUT2D eigenvalue weighted by atomic mass is 32.2. The zero-order chi connectivity index (χ0) is 34.4. The number of nitrogens with two attached hydrogens (primary N) is 1. The van der Waals surface area contributed by atoms with Crippen molar-refractivity contribution in [2.24, 2.45) is 5.73 Å². The first-order chi connectivity index (χ1) is 22.4. The van der Waals surface area contributed by atoms with E-state index >= 15 is 0 Å². The monoisotopic (exact) mass is 673 g/mol. The molecule has 0 aliphatic carbocycles. The van der Waals surface area contributed by atoms with Gasteiger partial charge in [-0.2, -0.15) is 0 Å². The van der Waals surface area contributed by atoms with Gasteiger partial charge in [0.15, 0.2) is 9.84 Å². The van der Waals surface area contributed by atoms with Crippen LogP contribution >= 0.6 is 0 Å². The molecule has 0 unspecified atom stereocenters. The largest absolute Gasteiger partial charge is 0.458 e. The number of sulfone groups is 1. The number of benzene rings is 2. The number of aromatic nitrogens is 2. The molecule has 0 aliphatic rings. The predicted molar refractivity (Wildman–Crippen MR) is 176 cm³/mol. The maximum absolute atomic E-state index is 14.0. The van der Waals surface area contributed by atoms with E-state index in [4.69, 9.17) is 10.5 Å². The second-order valence-electron chi connectivity index (χ2n) is 11.6. The molecule has 0 bridgehead atoms. The molecule has 0 spiro atoms. The van der Waals surface area contributed by atoms with E-state index in [1.54, 1.807) is 0 Å². The van der Waals surface area contributed by atoms with Crippen LogP contribution in [0, 0.1) is 11.6 Å². The fourth-order valence-corrected chi connectivity index (χ4v) is 7.44. The van der Waals surface area contributed by atoms with Gasteiger partial charge in [0.1, 0.15) is 29.5 Å². The van der Waals surface area contributed by atoms with Crippen molar-refractivity contribution in [3.63, 3.8) is 0 Å². The highest BCUT2D eigenvalue weighted by Crippen LogP contribution is 2.18. The minimum Gasteiger partial charge on any atom is -0.458 e. The first-order valence-corrected chi connectivity index (χ1v) is 17.6. The lowest BCUT2D eigenvalue weighted by Gasteiger charge is -2.28. The van der Waals surface area contributed by atoms with E-state index in [1.807, 2.05) is 45.0 Å². The molecule has 3 atom stereocenters. The Kier molecular flexibility index (Phi) is 14.8. The van der Waals surface area contributed by atoms with Crippen LogP contribution in [-0.2, 0) is 38.8 Å². The third-order valence-electron chi connectivity index (χ3n) is 7.73. The molecule has 256 valence electrons. The van der Waals surface area contributed by atoms with Crippen molar-refractivity contribution in [1.29, 1.82) is 0 Å². The fraction of sp³-hybridized carbons (Fsp3) is 0.471. The molecule has 4 N–H and O–H groups in total. The van der Waals surface area contributed by atoms with Gasteiger partial charge in [0.25, 0.3) is 5.91 Å². The molecule has 2 aromatic carbocycles. The van der Waals surface area contributed by atoms with Gasteiger partial charge in [-0.3, -0.25) is 9.78 Å². The standard InChI is InChI=1S/C34H45F2N5O5S/c1-4-8-28(9-5-2)47(44,45)22-31(41-33(42)30-20-38-12-13-40-30)34(43)46-32(21-39-19-24-11-7-10-23(6-3)14-24)29(37)17-25-15-26(35)18-27(36)16-25/h7,10-16,18,20,28-29,31-32,39H,4-6,8-9,17,19,21-22,37H2,1-3H3,(H,41,42)/t29-,31-,32+/m0/s1. The molecule has 13 heteroatoms. The highest BCUT2D eigenvalue weighted by Gasteiger charge is 2.35. The van der Waals surface area contributed by atoms with Crippen LogP contribution < -0.4 is 16.4 Å². The number of ether oxygens (including phenoxy) is 1. The second-order valence-corrected chi connectivity index (χ2v) is 13.9. The summed E-state index contributed by atoms with van der Waals surface area (Å²) >= 11 is 0. The van der Waals surface area contributed by atoms with E-state index in [-0.39, 0.29) is 24.2 Å². The Bertz CT molecular complexity index is 1540. The van der Waals surface area contributed by atoms with Gasteiger partial charge in [0.05, 0.1) is 17.2 Å². The Morgan fingerprint density at radius 1 is 0.957 bits per heavy atom. The van der Waals surface area contributed by atoms with Crippen LogP contribution in [0.3, 0.4) is 0 Å². The number of carbonyl (C=O) groups is 2. The van der Waals surface area contributed by atoms with Gasteiger partial charge in [-0.15, -0.1) is 0 Å². The molecule has 1 aromatic heterocycles. The Morgan fingerprint density at radius 2 is 1.64 bits per heavy atom. The summed E-state index contributed by atoms with van der Waals surface area (Å²) in [5, 5.41) is 4.99. The van der Waals surface area contributed by atoms with Crippen molar-refractivity contribution < 1.29 is 31.5 Å². The summed E-state index contributed by atoms with van der Waals surface area (Å²) in [6.45, 7) is 6.24. The molecule has 0 saturated carbocycles. The zero-order valence-corrected chi connectivity index (χ0v) is 27.9. The Labute approximate surface area is 275 Å². The maximum Gasteiger partial charge on any atom is 0.330 e. The zero-order valence-electron chi connectivity index (χ0n) is 27.1. The van der Waals surface area contributed by atoms with Crippen molar-refractivity contribution in [3.8, 4) is 0 Å². The topological polar surface area (TPSA) is 153 Å². The molecule has 0 radical (unpaired) electrons. The van der Waals surface area contributed by atoms with Gasteiger partial charge in [0, 0.05) is 37.6 Å². The normalized spacial score (nSPS) is 13.6. The van der Waals surface area contributed by atoms with Crippen LogP contribution in [0.25, 0.3) is 0 Å². The summed E-state index contributed by atoms with van der Waals surface area (Å²) in [6.07, 6.45) is 5.63. The van der Waals surface area contributed by atoms with Crippen LogP contribution in [0.4, 0.5) is 8.78 Å². The molecular weight excluding hydrogens is 628 g/mol. The molecule has 0 saturated heterocycles. The van der Waals surface area contributed by atoms with E-state index in [0.717, 1.165) is 35.7 Å². The Balaban J connectivity index is 1.88. The van der Waals surface area contributed by atoms with Crippen LogP contribution in [0.15, 0.2) is 61.1 Å². The number of esters is 1. The first-order valence-electron chi connectivity index (χ1n) is 15.9. The fourth-order valence-electron chi connectivity index (χ4n) is 5.30. The minimum absolute atomic E-state index is 0.0347. The lowest BCUT2D eigenvalue weighted by atomic mass is 10.0. The number of nitrogens with one attached hydrogen (secondary N) is 2. The van der Waals surface area contributed by atoms with Crippen LogP contribution in [-0.4, -0.2) is 66.0 Å². The summed E-state index contributed by atoms with van der Waals surface area (Å²) < 4.78 is 60.9. The third kappa shape index (κ3) is 12.1. The second kappa shape index (κ2) is 18.5. The highest BCUT2D eigenvalue weighted by molar-refractivity contribution is 7.92. The number of hydrogen-bond donors (Lipinski definition) is 3. The first kappa shape index (κ1) is 37.6. The van der Waals surface area contributed by atoms with Crippen LogP contribution in [0.2, 0.25) is 0 Å². The number of nitrogens with zero attached hydrogens (tertiary/aromatic N) is 2. The van der Waals surface area contributed by atoms with Gasteiger partial charge >= 0.3 is 5.97 Å². The molecule has 0 fully saturated rings. The van der Waals surface area contributed by atoms with Crippen LogP contribution in [0.5, 0.6) is 0 Å². The van der Waals surface area contributed by atoms with Gasteiger partial charge in [0.2, 0.25) is 0 Å². The van der Waals surface area contributed by atoms with Crippen molar-refractivity contribution in [2.75, 3.05) is 12.3 Å². The van der Waals surface area contributed by atoms with Gasteiger partial charge < -0.3 is 21.1 Å². The molecule has 10 nitrogen and oxygen atoms in total. The quantitative estimate of drug-likeness (QED) is 0.160. The lowest BCUT2D eigenvalue weighted by Crippen LogP contribution is -2.52. The Morgan fingerprint density at radius 3 is 2.26 bits per heavy atom. The summed E-state index contributed by atoms with van der Waals surface area (Å²) in [6, 6.07) is 8.41. The van der Waals surface area contributed by atoms with E-state index in [2.05, 4.69) is 20.6 Å². The summed E-state index contributed by atoms with van der Waals surface area (Å²) in [5.41, 5.74) is 8.75. The van der Waals surface area contributed by atoms with Crippen molar-refractivity contribution in [3.05, 3.63) is 95.1 Å². The summed E-state index contributed by atoms with van der Waals surface area (Å²) in [7, 11) is -3.87. The molecule has 47 heavy (non-hydrogen) atoms. The molecule has 3 aromatic rings. The number of aryl methyl sites for hydroxylation is 1. The average Bonchev–Trinajstić information content (AvgIpc) is 3.03. The predicted octanol–water partition coefficient (Wildman–Crippen LogP) is 4.07. The van der Waals surface area contributed by atoms with Gasteiger partial charge in [-0.1, -0.05) is 57.9 Å². The number of carbonyl (C=O) groups excluding carboxylic acids is 2. The third-order valence-corrected chi connectivity index (χ3v) is 10.0. The number of hydrogen-bond acceptors (Lipinski definition) is 9. The van der Waals surface area contributed by atoms with Crippen LogP contribution in [0.1, 0.15) is 73.6 Å². The number of halogens is 2. The summed E-state index contributed by atoms with van der Waals surface area (Å²) in [5.74, 6) is -4.07. The minimum atomic E-state index is -3.87. The average molecular weight is 674 g/mol.